The van der Waals surface area contributed by atoms with E-state index >= 15 is 0 Å². The minimum atomic E-state index is 0.528. The van der Waals surface area contributed by atoms with E-state index < -0.39 is 0 Å². The van der Waals surface area contributed by atoms with Crippen LogP contribution in [0.3, 0.4) is 0 Å². The van der Waals surface area contributed by atoms with Gasteiger partial charge in [-0.1, -0.05) is 29.8 Å². The Morgan fingerprint density at radius 2 is 1.71 bits per heavy atom. The van der Waals surface area contributed by atoms with Gasteiger partial charge in [-0.3, -0.25) is 0 Å². The van der Waals surface area contributed by atoms with Crippen LogP contribution in [0.5, 0.6) is 0 Å². The van der Waals surface area contributed by atoms with Crippen molar-refractivity contribution in [3.8, 4) is 11.1 Å². The van der Waals surface area contributed by atoms with Gasteiger partial charge in [0.05, 0.1) is 5.69 Å². The van der Waals surface area contributed by atoms with Crippen LogP contribution in [0.2, 0.25) is 0 Å². The van der Waals surface area contributed by atoms with Crippen LogP contribution in [-0.4, -0.2) is 4.98 Å². The molecule has 0 amide bonds. The number of aryl methyl sites for hydroxylation is 1. The first-order chi connectivity index (χ1) is 6.68. The van der Waals surface area contributed by atoms with Crippen molar-refractivity contribution < 1.29 is 0 Å². The third kappa shape index (κ3) is 1.33. The second kappa shape index (κ2) is 3.10. The molecule has 3 heteroatoms. The van der Waals surface area contributed by atoms with Crippen LogP contribution >= 0.6 is 0 Å². The number of H-pyrrole nitrogens is 1. The van der Waals surface area contributed by atoms with Crippen LogP contribution in [-0.2, 0) is 0 Å². The molecule has 0 saturated carbocycles. The van der Waals surface area contributed by atoms with E-state index in [0.717, 1.165) is 11.1 Å². The monoisotopic (exact) mass is 187 g/mol. The molecule has 72 valence electrons. The highest BCUT2D eigenvalue weighted by Gasteiger charge is 2.06. The number of anilines is 2. The van der Waals surface area contributed by atoms with Crippen molar-refractivity contribution >= 4 is 11.5 Å². The van der Waals surface area contributed by atoms with Crippen molar-refractivity contribution in [3.05, 3.63) is 36.0 Å². The Balaban J connectivity index is 2.49. The molecule has 2 rings (SSSR count). The highest BCUT2D eigenvalue weighted by Crippen LogP contribution is 2.29. The summed E-state index contributed by atoms with van der Waals surface area (Å²) in [6, 6.07) is 8.18. The predicted molar refractivity (Wildman–Crippen MR) is 59.8 cm³/mol. The average molecular weight is 187 g/mol. The molecule has 0 spiro atoms. The summed E-state index contributed by atoms with van der Waals surface area (Å²) in [4.78, 5) is 2.90. The van der Waals surface area contributed by atoms with Crippen LogP contribution < -0.4 is 11.5 Å². The van der Waals surface area contributed by atoms with Gasteiger partial charge in [-0.2, -0.15) is 0 Å². The Kier molecular flexibility index (Phi) is 1.93. The topological polar surface area (TPSA) is 67.8 Å². The molecule has 1 aromatic heterocycles. The molecule has 0 saturated heterocycles. The molecular formula is C11H13N3. The van der Waals surface area contributed by atoms with Gasteiger partial charge >= 0.3 is 0 Å². The number of aromatic amines is 1. The zero-order valence-electron chi connectivity index (χ0n) is 8.04. The first-order valence-corrected chi connectivity index (χ1v) is 4.48. The summed E-state index contributed by atoms with van der Waals surface area (Å²) in [5, 5.41) is 0. The molecular weight excluding hydrogens is 174 g/mol. The first kappa shape index (κ1) is 8.69. The van der Waals surface area contributed by atoms with Crippen LogP contribution in [0.1, 0.15) is 5.56 Å². The minimum Gasteiger partial charge on any atom is -0.395 e. The van der Waals surface area contributed by atoms with Crippen molar-refractivity contribution in [2.75, 3.05) is 11.5 Å². The number of aromatic nitrogens is 1. The zero-order valence-corrected chi connectivity index (χ0v) is 8.04. The van der Waals surface area contributed by atoms with Crippen molar-refractivity contribution in [2.45, 2.75) is 6.92 Å². The van der Waals surface area contributed by atoms with Crippen LogP contribution in [0.25, 0.3) is 11.1 Å². The van der Waals surface area contributed by atoms with E-state index in [0.29, 0.717) is 11.5 Å². The maximum atomic E-state index is 5.82. The fourth-order valence-electron chi connectivity index (χ4n) is 1.42. The Bertz CT molecular complexity index is 440. The lowest BCUT2D eigenvalue weighted by Crippen LogP contribution is -1.92. The van der Waals surface area contributed by atoms with Gasteiger partial charge in [0.15, 0.2) is 0 Å². The molecule has 0 aliphatic heterocycles. The summed E-state index contributed by atoms with van der Waals surface area (Å²) in [6.07, 6.45) is 1.83. The number of nitrogens with two attached hydrogens (primary N) is 2. The molecule has 5 N–H and O–H groups in total. The Morgan fingerprint density at radius 1 is 1.07 bits per heavy atom. The smallest absolute Gasteiger partial charge is 0.124 e. The highest BCUT2D eigenvalue weighted by atomic mass is 14.9. The lowest BCUT2D eigenvalue weighted by molar-refractivity contribution is 1.41. The minimum absolute atomic E-state index is 0.528. The van der Waals surface area contributed by atoms with Gasteiger partial charge in [0, 0.05) is 11.8 Å². The number of hydrogen-bond acceptors (Lipinski definition) is 2. The summed E-state index contributed by atoms with van der Waals surface area (Å²) in [5.74, 6) is 0.528. The number of benzene rings is 1. The Hall–Kier alpha value is -1.90. The number of hydrogen-bond donors (Lipinski definition) is 3. The average Bonchev–Trinajstić information content (AvgIpc) is 2.50. The second-order valence-electron chi connectivity index (χ2n) is 3.40. The van der Waals surface area contributed by atoms with E-state index in [1.165, 1.54) is 5.56 Å². The molecule has 0 aliphatic carbocycles. The molecule has 14 heavy (non-hydrogen) atoms. The Morgan fingerprint density at radius 3 is 2.21 bits per heavy atom. The van der Waals surface area contributed by atoms with Crippen molar-refractivity contribution in [2.24, 2.45) is 0 Å². The van der Waals surface area contributed by atoms with Gasteiger partial charge in [-0.15, -0.1) is 0 Å². The summed E-state index contributed by atoms with van der Waals surface area (Å²) in [5.41, 5.74) is 15.3. The van der Waals surface area contributed by atoms with Gasteiger partial charge in [-0.25, -0.2) is 0 Å². The lowest BCUT2D eigenvalue weighted by Gasteiger charge is -2.00. The van der Waals surface area contributed by atoms with E-state index in [1.54, 1.807) is 0 Å². The van der Waals surface area contributed by atoms with Gasteiger partial charge in [-0.05, 0) is 12.5 Å². The molecule has 1 heterocycles. The first-order valence-electron chi connectivity index (χ1n) is 4.48. The fraction of sp³-hybridized carbons (Fsp3) is 0.0909. The summed E-state index contributed by atoms with van der Waals surface area (Å²) in [6.45, 7) is 2.05. The lowest BCUT2D eigenvalue weighted by atomic mass is 10.1. The van der Waals surface area contributed by atoms with Gasteiger partial charge < -0.3 is 16.5 Å². The van der Waals surface area contributed by atoms with Gasteiger partial charge in [0.2, 0.25) is 0 Å². The molecule has 0 bridgehead atoms. The van der Waals surface area contributed by atoms with Crippen LogP contribution in [0, 0.1) is 6.92 Å². The summed E-state index contributed by atoms with van der Waals surface area (Å²) >= 11 is 0. The predicted octanol–water partition coefficient (Wildman–Crippen LogP) is 2.15. The molecule has 0 unspecified atom stereocenters. The quantitative estimate of drug-likeness (QED) is 0.640. The van der Waals surface area contributed by atoms with Crippen molar-refractivity contribution in [3.63, 3.8) is 0 Å². The van der Waals surface area contributed by atoms with Gasteiger partial charge in [0.25, 0.3) is 0 Å². The molecule has 0 fully saturated rings. The van der Waals surface area contributed by atoms with Crippen LogP contribution in [0.15, 0.2) is 30.5 Å². The van der Waals surface area contributed by atoms with E-state index in [1.807, 2.05) is 18.3 Å². The zero-order chi connectivity index (χ0) is 10.1. The molecule has 0 aliphatic rings. The van der Waals surface area contributed by atoms with Crippen molar-refractivity contribution in [1.82, 2.24) is 4.98 Å². The molecule has 3 nitrogen and oxygen atoms in total. The number of nitrogen functional groups attached to an aromatic ring is 2. The highest BCUT2D eigenvalue weighted by molar-refractivity contribution is 5.83. The fourth-order valence-corrected chi connectivity index (χ4v) is 1.42. The summed E-state index contributed by atoms with van der Waals surface area (Å²) < 4.78 is 0. The van der Waals surface area contributed by atoms with E-state index in [-0.39, 0.29) is 0 Å². The Labute approximate surface area is 82.7 Å². The van der Waals surface area contributed by atoms with Crippen molar-refractivity contribution in [1.29, 1.82) is 0 Å². The van der Waals surface area contributed by atoms with E-state index in [2.05, 4.69) is 24.0 Å². The molecule has 0 atom stereocenters. The van der Waals surface area contributed by atoms with E-state index in [4.69, 9.17) is 11.5 Å². The maximum absolute atomic E-state index is 5.82. The molecule has 1 aromatic carbocycles. The molecule has 2 aromatic rings. The third-order valence-electron chi connectivity index (χ3n) is 2.31. The second-order valence-corrected chi connectivity index (χ2v) is 3.40. The van der Waals surface area contributed by atoms with E-state index in [9.17, 15) is 0 Å². The SMILES string of the molecule is Cc1ccc(-c2c[nH]c(N)c2N)cc1. The summed E-state index contributed by atoms with van der Waals surface area (Å²) in [7, 11) is 0. The third-order valence-corrected chi connectivity index (χ3v) is 2.31. The largest absolute Gasteiger partial charge is 0.395 e. The normalized spacial score (nSPS) is 10.4. The standard InChI is InChI=1S/C11H13N3/c1-7-2-4-8(5-3-7)9-6-14-11(13)10(9)12/h2-6,14H,12-13H2,1H3. The van der Waals surface area contributed by atoms with Gasteiger partial charge in [0.1, 0.15) is 5.82 Å². The maximum Gasteiger partial charge on any atom is 0.124 e. The molecule has 0 radical (unpaired) electrons. The van der Waals surface area contributed by atoms with Crippen LogP contribution in [0.4, 0.5) is 11.5 Å². The number of nitrogens with one attached hydrogen (secondary N) is 1. The number of rotatable bonds is 1.